The van der Waals surface area contributed by atoms with Crippen molar-refractivity contribution in [1.82, 2.24) is 68.3 Å². The number of rotatable bonds is 56. The summed E-state index contributed by atoms with van der Waals surface area (Å²) in [5.41, 5.74) is 11.2. The minimum Gasteiger partial charge on any atom is -0.356 e. The van der Waals surface area contributed by atoms with Crippen molar-refractivity contribution >= 4 is 70.5 Å². The highest BCUT2D eigenvalue weighted by molar-refractivity contribution is 5.99. The van der Waals surface area contributed by atoms with Gasteiger partial charge < -0.3 is 79.8 Å². The highest BCUT2D eigenvalue weighted by Gasteiger charge is 2.35. The second-order valence-electron chi connectivity index (χ2n) is 23.1. The van der Waals surface area contributed by atoms with E-state index in [1.54, 1.807) is 6.92 Å². The minimum atomic E-state index is -1.71. The van der Waals surface area contributed by atoms with Gasteiger partial charge in [0.1, 0.15) is 29.4 Å². The molecule has 0 radical (unpaired) electrons. The fourth-order valence-corrected chi connectivity index (χ4v) is 9.21. The zero-order valence-corrected chi connectivity index (χ0v) is 54.7. The summed E-state index contributed by atoms with van der Waals surface area (Å²) < 4.78 is 0. The summed E-state index contributed by atoms with van der Waals surface area (Å²) in [6.07, 6.45) is 3.69. The van der Waals surface area contributed by atoms with Crippen LogP contribution >= 0.6 is 0 Å². The quantitative estimate of drug-likeness (QED) is 0.0326. The average Bonchev–Trinajstić information content (AvgIpc) is 2.49. The molecule has 0 saturated carbocycles. The Morgan fingerprint density at radius 1 is 0.330 bits per heavy atom. The summed E-state index contributed by atoms with van der Waals surface area (Å²) in [5.74, 6) is -12.3. The molecule has 0 aliphatic carbocycles. The lowest BCUT2D eigenvalue weighted by atomic mass is 9.84. The fourth-order valence-electron chi connectivity index (χ4n) is 9.21. The number of carbonyl (C=O) groups is 12. The van der Waals surface area contributed by atoms with E-state index in [1.165, 1.54) is 0 Å². The van der Waals surface area contributed by atoms with Crippen LogP contribution in [0.4, 0.5) is 0 Å². The first-order chi connectivity index (χ1) is 42.0. The molecule has 0 spiro atoms. The van der Waals surface area contributed by atoms with Crippen LogP contribution in [0.3, 0.4) is 0 Å². The SMILES string of the molecule is CCCCCCNC(=O)CC(NC(=O)CC(CC(=O)C(CC(=O)CC(CC)C(=O)NCCN(C)C)CC(=O)NCCN(C)C)C(=O)NCCCCCC)C(=O)NC(CC(=O)CC(CC(=O)NCCNCCN)C(=O)NCCCC)C(=O)NCCNCCN. The second kappa shape index (κ2) is 51.8. The number of nitrogens with zero attached hydrogens (tertiary/aromatic N) is 2. The van der Waals surface area contributed by atoms with E-state index >= 15 is 0 Å². The number of Topliss-reactive ketones (excluding diaryl/α,β-unsaturated/α-hetero) is 3. The standard InChI is InChI=1S/C61H115N15O12/c1-9-13-16-18-23-66-55(82)43-51(61(88)74-50(60(87)71-30-28-65-26-21-63)42-49(78)37-46(58(85)69-22-15-11-3)40-54(81)67-29-27-64-25-20-62)73-56(83)41-47(59(86)70-24-19-17-14-10-2)38-52(79)45(39-53(80)68-31-33-75(5)6)36-48(77)35-44(12-4)57(84)72-32-34-76(7)8/h44-47,50-51,64-65H,9-43,62-63H2,1-8H3,(H,66,82)(H,67,81)(H,68,80)(H,69,85)(H,70,86)(H,71,87)(H,72,84)(H,73,83)(H,74,88). The highest BCUT2D eigenvalue weighted by Crippen LogP contribution is 2.22. The smallest absolute Gasteiger partial charge is 0.243 e. The molecule has 0 aromatic heterocycles. The van der Waals surface area contributed by atoms with Gasteiger partial charge in [0.2, 0.25) is 53.2 Å². The van der Waals surface area contributed by atoms with E-state index in [0.29, 0.717) is 84.6 Å². The number of hydrogen-bond acceptors (Lipinski definition) is 18. The van der Waals surface area contributed by atoms with Crippen LogP contribution in [0.2, 0.25) is 0 Å². The predicted octanol–water partition coefficient (Wildman–Crippen LogP) is -0.957. The van der Waals surface area contributed by atoms with Crippen LogP contribution < -0.4 is 70.0 Å². The van der Waals surface area contributed by atoms with E-state index in [-0.39, 0.29) is 58.0 Å². The van der Waals surface area contributed by atoms with Crippen molar-refractivity contribution in [2.45, 2.75) is 168 Å². The van der Waals surface area contributed by atoms with Crippen molar-refractivity contribution in [3.8, 4) is 0 Å². The molecule has 0 aromatic carbocycles. The first-order valence-electron chi connectivity index (χ1n) is 32.2. The van der Waals surface area contributed by atoms with Crippen molar-refractivity contribution in [2.75, 3.05) is 126 Å². The zero-order valence-electron chi connectivity index (χ0n) is 54.7. The summed E-state index contributed by atoms with van der Waals surface area (Å²) in [6.45, 7) is 12.8. The first-order valence-corrected chi connectivity index (χ1v) is 32.2. The first kappa shape index (κ1) is 82.0. The lowest BCUT2D eigenvalue weighted by molar-refractivity contribution is -0.138. The summed E-state index contributed by atoms with van der Waals surface area (Å²) in [7, 11) is 7.36. The van der Waals surface area contributed by atoms with Crippen molar-refractivity contribution < 1.29 is 57.5 Å². The van der Waals surface area contributed by atoms with Gasteiger partial charge in [0.25, 0.3) is 0 Å². The maximum atomic E-state index is 14.6. The molecule has 15 N–H and O–H groups in total. The number of nitrogens with two attached hydrogens (primary N) is 2. The average molecular weight is 1250 g/mol. The molecular weight excluding hydrogens is 1130 g/mol. The predicted molar refractivity (Wildman–Crippen MR) is 340 cm³/mol. The number of nitrogens with one attached hydrogen (secondary N) is 11. The highest BCUT2D eigenvalue weighted by atomic mass is 16.2. The maximum absolute atomic E-state index is 14.6. The van der Waals surface area contributed by atoms with Gasteiger partial charge in [-0.05, 0) is 53.9 Å². The molecule has 9 amide bonds. The minimum absolute atomic E-state index is 0.0351. The Hall–Kier alpha value is -6.00. The number of carbonyl (C=O) groups excluding carboxylic acids is 12. The topological polar surface area (TPSA) is 396 Å². The molecule has 0 rings (SSSR count). The van der Waals surface area contributed by atoms with Gasteiger partial charge in [0.05, 0.1) is 18.3 Å². The van der Waals surface area contributed by atoms with Gasteiger partial charge >= 0.3 is 0 Å². The molecule has 0 aromatic rings. The largest absolute Gasteiger partial charge is 0.356 e. The third-order valence-corrected chi connectivity index (χ3v) is 14.4. The second-order valence-corrected chi connectivity index (χ2v) is 23.1. The molecule has 0 aliphatic rings. The van der Waals surface area contributed by atoms with Gasteiger partial charge in [-0.3, -0.25) is 57.5 Å². The van der Waals surface area contributed by atoms with Crippen LogP contribution in [-0.4, -0.2) is 219 Å². The molecule has 0 heterocycles. The van der Waals surface area contributed by atoms with Crippen LogP contribution in [0, 0.1) is 23.7 Å². The van der Waals surface area contributed by atoms with Crippen LogP contribution in [0.15, 0.2) is 0 Å². The molecule has 6 unspecified atom stereocenters. The Kier molecular flexibility index (Phi) is 48.3. The number of unbranched alkanes of at least 4 members (excludes halogenated alkanes) is 7. The van der Waals surface area contributed by atoms with Crippen molar-refractivity contribution in [1.29, 1.82) is 0 Å². The van der Waals surface area contributed by atoms with Crippen molar-refractivity contribution in [3.63, 3.8) is 0 Å². The summed E-state index contributed by atoms with van der Waals surface area (Å²) >= 11 is 0. The van der Waals surface area contributed by atoms with E-state index in [0.717, 1.165) is 44.9 Å². The van der Waals surface area contributed by atoms with Gasteiger partial charge in [-0.2, -0.15) is 0 Å². The van der Waals surface area contributed by atoms with Crippen molar-refractivity contribution in [3.05, 3.63) is 0 Å². The Morgan fingerprint density at radius 3 is 1.27 bits per heavy atom. The van der Waals surface area contributed by atoms with Crippen LogP contribution in [0.5, 0.6) is 0 Å². The number of ketones is 3. The molecule has 0 fully saturated rings. The molecule has 0 bridgehead atoms. The summed E-state index contributed by atoms with van der Waals surface area (Å²) in [6, 6.07) is -3.33. The lowest BCUT2D eigenvalue weighted by Crippen LogP contribution is -2.56. The number of likely N-dealkylation sites (N-methyl/N-ethyl adjacent to an activating group) is 2. The van der Waals surface area contributed by atoms with Gasteiger partial charge in [0, 0.05) is 161 Å². The van der Waals surface area contributed by atoms with Gasteiger partial charge in [-0.25, -0.2) is 0 Å². The van der Waals surface area contributed by atoms with Crippen LogP contribution in [0.25, 0.3) is 0 Å². The fraction of sp³-hybridized carbons (Fsp3) is 0.803. The van der Waals surface area contributed by atoms with Gasteiger partial charge in [-0.15, -0.1) is 0 Å². The van der Waals surface area contributed by atoms with Crippen LogP contribution in [0.1, 0.15) is 156 Å². The zero-order chi connectivity index (χ0) is 66.1. The monoisotopic (exact) mass is 1250 g/mol. The lowest BCUT2D eigenvalue weighted by Gasteiger charge is -2.25. The molecule has 27 nitrogen and oxygen atoms in total. The summed E-state index contributed by atoms with van der Waals surface area (Å²) in [4.78, 5) is 170. The van der Waals surface area contributed by atoms with E-state index in [2.05, 4.69) is 58.5 Å². The normalized spacial score (nSPS) is 13.2. The van der Waals surface area contributed by atoms with E-state index < -0.39 is 145 Å². The Labute approximate surface area is 524 Å². The third-order valence-electron chi connectivity index (χ3n) is 14.4. The molecule has 27 heteroatoms. The van der Waals surface area contributed by atoms with E-state index in [9.17, 15) is 57.5 Å². The molecule has 0 aliphatic heterocycles. The Bertz CT molecular complexity index is 2080. The molecule has 6 atom stereocenters. The van der Waals surface area contributed by atoms with Gasteiger partial charge in [0.15, 0.2) is 0 Å². The van der Waals surface area contributed by atoms with Crippen LogP contribution in [-0.2, 0) is 57.5 Å². The van der Waals surface area contributed by atoms with E-state index in [4.69, 9.17) is 11.5 Å². The Morgan fingerprint density at radius 2 is 0.727 bits per heavy atom. The molecule has 506 valence electrons. The van der Waals surface area contributed by atoms with Crippen molar-refractivity contribution in [2.24, 2.45) is 35.1 Å². The molecular formula is C61H115N15O12. The van der Waals surface area contributed by atoms with E-state index in [1.807, 2.05) is 58.8 Å². The van der Waals surface area contributed by atoms with Gasteiger partial charge in [-0.1, -0.05) is 72.6 Å². The Balaban J connectivity index is 7.30. The number of hydrogen-bond donors (Lipinski definition) is 13. The molecule has 0 saturated heterocycles. The molecule has 88 heavy (non-hydrogen) atoms. The maximum Gasteiger partial charge on any atom is 0.243 e. The third kappa shape index (κ3) is 42.0. The number of amides is 9. The summed E-state index contributed by atoms with van der Waals surface area (Å²) in [5, 5.41) is 30.6.